The average molecular weight is 254 g/mol. The molecule has 4 nitrogen and oxygen atoms in total. The van der Waals surface area contributed by atoms with E-state index in [1.165, 1.54) is 0 Å². The van der Waals surface area contributed by atoms with Crippen LogP contribution in [0.5, 0.6) is 0 Å². The van der Waals surface area contributed by atoms with Crippen LogP contribution in [-0.4, -0.2) is 22.2 Å². The Labute approximate surface area is 107 Å². The van der Waals surface area contributed by atoms with Gasteiger partial charge < -0.3 is 10.2 Å². The summed E-state index contributed by atoms with van der Waals surface area (Å²) in [5, 5.41) is 18.8. The number of aliphatic carboxylic acids is 2. The van der Waals surface area contributed by atoms with Crippen molar-refractivity contribution in [3.8, 4) is 0 Å². The van der Waals surface area contributed by atoms with Gasteiger partial charge in [-0.3, -0.25) is 9.59 Å². The molecule has 0 radical (unpaired) electrons. The van der Waals surface area contributed by atoms with Crippen molar-refractivity contribution in [1.82, 2.24) is 0 Å². The fourth-order valence-corrected chi connectivity index (χ4v) is 4.70. The van der Waals surface area contributed by atoms with E-state index >= 15 is 0 Å². The van der Waals surface area contributed by atoms with Crippen LogP contribution in [0.2, 0.25) is 0 Å². The normalized spacial score (nSPS) is 41.6. The number of fused-ring (bicyclic) bond motifs is 2. The van der Waals surface area contributed by atoms with E-state index in [-0.39, 0.29) is 29.6 Å². The fraction of sp³-hybridized carbons (Fsp3) is 0.857. The summed E-state index contributed by atoms with van der Waals surface area (Å²) < 4.78 is 0. The van der Waals surface area contributed by atoms with E-state index in [1.807, 2.05) is 6.92 Å². The van der Waals surface area contributed by atoms with Crippen molar-refractivity contribution >= 4 is 11.9 Å². The third-order valence-electron chi connectivity index (χ3n) is 5.48. The Kier molecular flexibility index (Phi) is 2.95. The van der Waals surface area contributed by atoms with Crippen LogP contribution in [0.3, 0.4) is 0 Å². The zero-order valence-electron chi connectivity index (χ0n) is 11.3. The molecule has 4 atom stereocenters. The second kappa shape index (κ2) is 3.97. The lowest BCUT2D eigenvalue weighted by molar-refractivity contribution is -0.160. The Bertz CT molecular complexity index is 387. The summed E-state index contributed by atoms with van der Waals surface area (Å²) in [6, 6.07) is 0. The highest BCUT2D eigenvalue weighted by Gasteiger charge is 2.65. The van der Waals surface area contributed by atoms with Gasteiger partial charge in [-0.05, 0) is 42.4 Å². The van der Waals surface area contributed by atoms with Gasteiger partial charge in [0.1, 0.15) is 0 Å². The maximum Gasteiger partial charge on any atom is 0.310 e. The van der Waals surface area contributed by atoms with Gasteiger partial charge in [0.25, 0.3) is 0 Å². The number of hydrogen-bond donors (Lipinski definition) is 2. The van der Waals surface area contributed by atoms with Gasteiger partial charge in [0, 0.05) is 6.42 Å². The van der Waals surface area contributed by atoms with E-state index in [0.29, 0.717) is 6.42 Å². The molecule has 2 rings (SSSR count). The Balaban J connectivity index is 2.47. The molecule has 0 saturated heterocycles. The molecular weight excluding hydrogens is 232 g/mol. The Morgan fingerprint density at radius 2 is 1.83 bits per heavy atom. The van der Waals surface area contributed by atoms with Gasteiger partial charge >= 0.3 is 11.9 Å². The van der Waals surface area contributed by atoms with Gasteiger partial charge in [-0.15, -0.1) is 0 Å². The molecule has 0 heterocycles. The molecule has 0 amide bonds. The zero-order valence-corrected chi connectivity index (χ0v) is 11.3. The van der Waals surface area contributed by atoms with Gasteiger partial charge in [-0.1, -0.05) is 20.8 Å². The minimum Gasteiger partial charge on any atom is -0.481 e. The summed E-state index contributed by atoms with van der Waals surface area (Å²) in [5.74, 6) is -1.59. The van der Waals surface area contributed by atoms with Gasteiger partial charge in [-0.2, -0.15) is 0 Å². The van der Waals surface area contributed by atoms with Gasteiger partial charge in [-0.25, -0.2) is 0 Å². The molecule has 0 unspecified atom stereocenters. The molecule has 2 fully saturated rings. The minimum atomic E-state index is -0.873. The summed E-state index contributed by atoms with van der Waals surface area (Å²) in [4.78, 5) is 22.9. The van der Waals surface area contributed by atoms with Crippen LogP contribution in [0, 0.1) is 28.6 Å². The molecule has 18 heavy (non-hydrogen) atoms. The maximum absolute atomic E-state index is 11.8. The summed E-state index contributed by atoms with van der Waals surface area (Å²) in [7, 11) is 0. The number of rotatable bonds is 3. The highest BCUT2D eigenvalue weighted by molar-refractivity contribution is 5.78. The number of carboxylic acid groups (broad SMARTS) is 2. The van der Waals surface area contributed by atoms with Crippen molar-refractivity contribution in [3.63, 3.8) is 0 Å². The van der Waals surface area contributed by atoms with Crippen LogP contribution in [0.4, 0.5) is 0 Å². The monoisotopic (exact) mass is 254 g/mol. The van der Waals surface area contributed by atoms with E-state index in [0.717, 1.165) is 12.8 Å². The van der Waals surface area contributed by atoms with Crippen LogP contribution in [0.25, 0.3) is 0 Å². The first kappa shape index (κ1) is 13.4. The first-order valence-corrected chi connectivity index (χ1v) is 6.67. The topological polar surface area (TPSA) is 74.6 Å². The lowest BCUT2D eigenvalue weighted by atomic mass is 9.60. The second-order valence-corrected chi connectivity index (χ2v) is 6.80. The molecule has 0 spiro atoms. The number of carbonyl (C=O) groups is 2. The quantitative estimate of drug-likeness (QED) is 0.811. The van der Waals surface area contributed by atoms with Crippen LogP contribution in [0.15, 0.2) is 0 Å². The smallest absolute Gasteiger partial charge is 0.310 e. The van der Waals surface area contributed by atoms with E-state index in [1.54, 1.807) is 0 Å². The molecule has 2 bridgehead atoms. The number of carboxylic acids is 2. The Morgan fingerprint density at radius 1 is 1.22 bits per heavy atom. The first-order valence-electron chi connectivity index (χ1n) is 6.67. The van der Waals surface area contributed by atoms with E-state index in [4.69, 9.17) is 5.11 Å². The molecule has 4 heteroatoms. The molecular formula is C14H22O4. The molecule has 0 aromatic heterocycles. The molecule has 2 N–H and O–H groups in total. The molecule has 0 aromatic carbocycles. The average Bonchev–Trinajstić information content (AvgIpc) is 2.36. The zero-order chi connectivity index (χ0) is 13.7. The fourth-order valence-electron chi connectivity index (χ4n) is 4.70. The van der Waals surface area contributed by atoms with Crippen molar-refractivity contribution in [2.45, 2.75) is 46.5 Å². The Hall–Kier alpha value is -1.06. The molecule has 2 aliphatic carbocycles. The standard InChI is InChI=1S/C14H22O4/c1-8-4-5-9-10(6-11(15)16)14(8,12(17)18)7-13(9,2)3/h8-10H,4-7H2,1-3H3,(H,15,16)(H,17,18)/t8-,9-,10-,14-/m1/s1. The third-order valence-corrected chi connectivity index (χ3v) is 5.48. The van der Waals surface area contributed by atoms with E-state index in [2.05, 4.69) is 13.8 Å². The van der Waals surface area contributed by atoms with Crippen molar-refractivity contribution in [1.29, 1.82) is 0 Å². The lowest BCUT2D eigenvalue weighted by Gasteiger charge is -2.42. The van der Waals surface area contributed by atoms with Crippen molar-refractivity contribution in [2.75, 3.05) is 0 Å². The predicted octanol–water partition coefficient (Wildman–Crippen LogP) is 2.62. The van der Waals surface area contributed by atoms with Gasteiger partial charge in [0.2, 0.25) is 0 Å². The Morgan fingerprint density at radius 3 is 2.33 bits per heavy atom. The van der Waals surface area contributed by atoms with Gasteiger partial charge in [0.15, 0.2) is 0 Å². The lowest BCUT2D eigenvalue weighted by Crippen LogP contribution is -2.45. The van der Waals surface area contributed by atoms with Gasteiger partial charge in [0.05, 0.1) is 5.41 Å². The van der Waals surface area contributed by atoms with Crippen LogP contribution in [-0.2, 0) is 9.59 Å². The summed E-state index contributed by atoms with van der Waals surface area (Å²) >= 11 is 0. The van der Waals surface area contributed by atoms with E-state index in [9.17, 15) is 14.7 Å². The summed E-state index contributed by atoms with van der Waals surface area (Å²) in [5.41, 5.74) is -0.895. The predicted molar refractivity (Wildman–Crippen MR) is 66.1 cm³/mol. The maximum atomic E-state index is 11.8. The third kappa shape index (κ3) is 1.65. The largest absolute Gasteiger partial charge is 0.481 e. The molecule has 2 saturated carbocycles. The highest BCUT2D eigenvalue weighted by Crippen LogP contribution is 2.66. The number of hydrogen-bond acceptors (Lipinski definition) is 2. The highest BCUT2D eigenvalue weighted by atomic mass is 16.4. The van der Waals surface area contributed by atoms with Crippen LogP contribution < -0.4 is 0 Å². The molecule has 102 valence electrons. The molecule has 2 aliphatic rings. The first-order chi connectivity index (χ1) is 8.21. The van der Waals surface area contributed by atoms with Crippen LogP contribution >= 0.6 is 0 Å². The summed E-state index contributed by atoms with van der Waals surface area (Å²) in [6.07, 6.45) is 2.46. The van der Waals surface area contributed by atoms with Crippen molar-refractivity contribution < 1.29 is 19.8 Å². The molecule has 0 aromatic rings. The summed E-state index contributed by atoms with van der Waals surface area (Å²) in [6.45, 7) is 6.16. The van der Waals surface area contributed by atoms with Crippen molar-refractivity contribution in [3.05, 3.63) is 0 Å². The van der Waals surface area contributed by atoms with E-state index < -0.39 is 17.4 Å². The second-order valence-electron chi connectivity index (χ2n) is 6.80. The molecule has 0 aliphatic heterocycles. The van der Waals surface area contributed by atoms with Crippen LogP contribution in [0.1, 0.15) is 46.5 Å². The minimum absolute atomic E-state index is 0.00919. The SMILES string of the molecule is C[C@@H]1CC[C@@H]2[C@@H](CC(=O)O)[C@@]1(C(=O)O)CC2(C)C. The van der Waals surface area contributed by atoms with Crippen molar-refractivity contribution in [2.24, 2.45) is 28.6 Å².